The van der Waals surface area contributed by atoms with Crippen LogP contribution in [0.1, 0.15) is 12.5 Å². The number of hydrogen-bond donors (Lipinski definition) is 0. The van der Waals surface area contributed by atoms with Crippen LogP contribution in [-0.4, -0.2) is 11.1 Å². The molecule has 0 aromatic heterocycles. The number of aryl methyl sites for hydroxylation is 1. The third-order valence-electron chi connectivity index (χ3n) is 2.92. The molecule has 2 aromatic carbocycles. The van der Waals surface area contributed by atoms with Gasteiger partial charge in [0.25, 0.3) is 0 Å². The highest BCUT2D eigenvalue weighted by molar-refractivity contribution is 5.68. The number of halogens is 2. The molecular weight excluding hydrogens is 296 g/mol. The Morgan fingerprint density at radius 3 is 2.09 bits per heavy atom. The van der Waals surface area contributed by atoms with Crippen LogP contribution in [0.15, 0.2) is 36.4 Å². The van der Waals surface area contributed by atoms with Crippen molar-refractivity contribution in [2.75, 3.05) is 0 Å². The Morgan fingerprint density at radius 2 is 1.64 bits per heavy atom. The molecule has 0 saturated carbocycles. The Kier molecular flexibility index (Phi) is 6.04. The third-order valence-corrected chi connectivity index (χ3v) is 2.92. The van der Waals surface area contributed by atoms with Gasteiger partial charge in [0.15, 0.2) is 0 Å². The van der Waals surface area contributed by atoms with Gasteiger partial charge in [0.2, 0.25) is 5.82 Å². The van der Waals surface area contributed by atoms with Gasteiger partial charge in [-0.3, -0.25) is 10.1 Å². The summed E-state index contributed by atoms with van der Waals surface area (Å²) in [4.78, 5) is 26.0. The fourth-order valence-electron chi connectivity index (χ4n) is 1.85. The summed E-state index contributed by atoms with van der Waals surface area (Å²) in [7, 11) is 0. The van der Waals surface area contributed by atoms with Gasteiger partial charge in [-0.2, -0.15) is 14.0 Å². The van der Waals surface area contributed by atoms with Crippen LogP contribution in [0.5, 0.6) is 0 Å². The van der Waals surface area contributed by atoms with E-state index in [9.17, 15) is 18.9 Å². The second kappa shape index (κ2) is 7.75. The number of benzene rings is 2. The quantitative estimate of drug-likeness (QED) is 0.642. The first kappa shape index (κ1) is 17.1. The second-order valence-corrected chi connectivity index (χ2v) is 4.15. The van der Waals surface area contributed by atoms with Gasteiger partial charge in [0.05, 0.1) is 10.5 Å². The van der Waals surface area contributed by atoms with Gasteiger partial charge in [0, 0.05) is 6.07 Å². The lowest BCUT2D eigenvalue weighted by Gasteiger charge is -2.06. The minimum Gasteiger partial charge on any atom is -0.258 e. The first-order valence-electron chi connectivity index (χ1n) is 6.17. The van der Waals surface area contributed by atoms with E-state index >= 15 is 0 Å². The van der Waals surface area contributed by atoms with Crippen molar-refractivity contribution in [3.05, 3.63) is 63.7 Å². The summed E-state index contributed by atoms with van der Waals surface area (Å²) in [6.45, 7) is 1.96. The van der Waals surface area contributed by atoms with Crippen LogP contribution in [0.4, 0.5) is 14.5 Å². The van der Waals surface area contributed by atoms with E-state index in [0.717, 1.165) is 24.1 Å². The first-order chi connectivity index (χ1) is 10.5. The van der Waals surface area contributed by atoms with Crippen LogP contribution >= 0.6 is 0 Å². The molecule has 7 heteroatoms. The predicted molar refractivity (Wildman–Crippen MR) is 72.8 cm³/mol. The molecule has 22 heavy (non-hydrogen) atoms. The summed E-state index contributed by atoms with van der Waals surface area (Å²) in [5, 5.41) is 10.7. The Hall–Kier alpha value is -2.92. The lowest BCUT2D eigenvalue weighted by atomic mass is 10.0. The molecule has 0 atom stereocenters. The Bertz CT molecular complexity index is 708. The van der Waals surface area contributed by atoms with E-state index in [2.05, 4.69) is 0 Å². The summed E-state index contributed by atoms with van der Waals surface area (Å²) in [6.07, 6.45) is 1.06. The smallest absolute Gasteiger partial charge is 0.258 e. The molecule has 5 nitrogen and oxygen atoms in total. The van der Waals surface area contributed by atoms with Gasteiger partial charge in [-0.25, -0.2) is 4.39 Å². The Balaban J connectivity index is 0.000000745. The monoisotopic (exact) mass is 307 g/mol. The maximum Gasteiger partial charge on any atom is 0.373 e. The average Bonchev–Trinajstić information content (AvgIpc) is 2.48. The standard InChI is InChI=1S/C14H11F2NO2.CO2/c1-2-9-3-5-10(6-4-9)13-11(15)7-8-12(14(13)16)17(18)19;2-1-3/h3-8H,2H2,1H3;. The molecule has 0 aliphatic heterocycles. The highest BCUT2D eigenvalue weighted by Crippen LogP contribution is 2.31. The number of nitrogens with zero attached hydrogens (tertiary/aromatic N) is 1. The topological polar surface area (TPSA) is 77.3 Å². The van der Waals surface area contributed by atoms with Crippen molar-refractivity contribution in [1.82, 2.24) is 0 Å². The van der Waals surface area contributed by atoms with Crippen molar-refractivity contribution in [1.29, 1.82) is 0 Å². The van der Waals surface area contributed by atoms with E-state index in [4.69, 9.17) is 9.59 Å². The van der Waals surface area contributed by atoms with Crippen LogP contribution in [0, 0.1) is 21.7 Å². The van der Waals surface area contributed by atoms with Crippen LogP contribution in [0.25, 0.3) is 11.1 Å². The molecule has 2 aromatic rings. The normalized spacial score (nSPS) is 9.41. The first-order valence-corrected chi connectivity index (χ1v) is 6.17. The van der Waals surface area contributed by atoms with Gasteiger partial charge < -0.3 is 0 Å². The maximum atomic E-state index is 14.0. The van der Waals surface area contributed by atoms with Gasteiger partial charge in [0.1, 0.15) is 5.82 Å². The van der Waals surface area contributed by atoms with Crippen molar-refractivity contribution in [2.45, 2.75) is 13.3 Å². The molecule has 0 aliphatic carbocycles. The molecule has 0 unspecified atom stereocenters. The minimum atomic E-state index is -1.14. The molecule has 114 valence electrons. The second-order valence-electron chi connectivity index (χ2n) is 4.15. The van der Waals surface area contributed by atoms with E-state index in [0.29, 0.717) is 0 Å². The third kappa shape index (κ3) is 3.80. The summed E-state index contributed by atoms with van der Waals surface area (Å²) < 4.78 is 27.7. The molecule has 0 bridgehead atoms. The summed E-state index contributed by atoms with van der Waals surface area (Å²) in [5.74, 6) is -1.96. The average molecular weight is 307 g/mol. The highest BCUT2D eigenvalue weighted by atomic mass is 19.1. The minimum absolute atomic E-state index is 0.250. The zero-order valence-electron chi connectivity index (χ0n) is 11.5. The number of nitro benzene ring substituents is 1. The fraction of sp³-hybridized carbons (Fsp3) is 0.133. The van der Waals surface area contributed by atoms with Crippen molar-refractivity contribution < 1.29 is 23.3 Å². The van der Waals surface area contributed by atoms with Crippen molar-refractivity contribution in [3.8, 4) is 11.1 Å². The molecule has 0 spiro atoms. The van der Waals surface area contributed by atoms with Crippen LogP contribution in [0.3, 0.4) is 0 Å². The summed E-state index contributed by atoms with van der Waals surface area (Å²) >= 11 is 0. The van der Waals surface area contributed by atoms with Gasteiger partial charge in [-0.05, 0) is 23.6 Å². The molecular formula is C15H11F2NO4. The van der Waals surface area contributed by atoms with Gasteiger partial charge in [-0.1, -0.05) is 31.2 Å². The Morgan fingerprint density at radius 1 is 1.09 bits per heavy atom. The zero-order chi connectivity index (χ0) is 16.7. The van der Waals surface area contributed by atoms with E-state index in [-0.39, 0.29) is 17.3 Å². The lowest BCUT2D eigenvalue weighted by Crippen LogP contribution is -1.97. The molecule has 2 rings (SSSR count). The van der Waals surface area contributed by atoms with Crippen LogP contribution < -0.4 is 0 Å². The van der Waals surface area contributed by atoms with Crippen LogP contribution in [-0.2, 0) is 16.0 Å². The molecule has 0 radical (unpaired) electrons. The summed E-state index contributed by atoms with van der Waals surface area (Å²) in [6, 6.07) is 8.34. The Labute approximate surface area is 124 Å². The van der Waals surface area contributed by atoms with Crippen LogP contribution in [0.2, 0.25) is 0 Å². The van der Waals surface area contributed by atoms with Gasteiger partial charge >= 0.3 is 11.8 Å². The molecule has 0 fully saturated rings. The largest absolute Gasteiger partial charge is 0.373 e. The molecule has 0 heterocycles. The molecule has 0 N–H and O–H groups in total. The predicted octanol–water partition coefficient (Wildman–Crippen LogP) is 3.52. The van der Waals surface area contributed by atoms with Crippen molar-refractivity contribution in [2.24, 2.45) is 0 Å². The van der Waals surface area contributed by atoms with E-state index in [1.807, 2.05) is 6.92 Å². The SMILES string of the molecule is CCc1ccc(-c2c(F)ccc([N+](=O)[O-])c2F)cc1.O=C=O. The molecule has 0 amide bonds. The van der Waals surface area contributed by atoms with E-state index in [1.165, 1.54) is 0 Å². The fourth-order valence-corrected chi connectivity index (χ4v) is 1.85. The van der Waals surface area contributed by atoms with Crippen molar-refractivity contribution in [3.63, 3.8) is 0 Å². The highest BCUT2D eigenvalue weighted by Gasteiger charge is 2.22. The van der Waals surface area contributed by atoms with Gasteiger partial charge in [-0.15, -0.1) is 0 Å². The number of nitro groups is 1. The summed E-state index contributed by atoms with van der Waals surface area (Å²) in [5.41, 5.74) is 0.221. The van der Waals surface area contributed by atoms with E-state index in [1.54, 1.807) is 24.3 Å². The molecule has 0 aliphatic rings. The van der Waals surface area contributed by atoms with Crippen molar-refractivity contribution >= 4 is 11.8 Å². The van der Waals surface area contributed by atoms with E-state index < -0.39 is 22.2 Å². The number of carbonyl (C=O) groups excluding carboxylic acids is 2. The molecule has 0 saturated heterocycles. The number of rotatable bonds is 3. The number of hydrogen-bond acceptors (Lipinski definition) is 4. The maximum absolute atomic E-state index is 14.0. The zero-order valence-corrected chi connectivity index (χ0v) is 11.5. The lowest BCUT2D eigenvalue weighted by molar-refractivity contribution is -0.387.